The second kappa shape index (κ2) is 9.54. The maximum Gasteiger partial charge on any atom is 0.573 e. The molecule has 3 rings (SSSR count). The predicted octanol–water partition coefficient (Wildman–Crippen LogP) is 5.15. The van der Waals surface area contributed by atoms with Crippen LogP contribution in [0.4, 0.5) is 30.6 Å². The molecular formula is C22H21F3N4O3. The first-order chi connectivity index (χ1) is 15.1. The van der Waals surface area contributed by atoms with E-state index in [9.17, 15) is 18.0 Å². The van der Waals surface area contributed by atoms with E-state index >= 15 is 0 Å². The van der Waals surface area contributed by atoms with E-state index in [1.165, 1.54) is 18.2 Å². The number of alkyl halides is 3. The zero-order valence-corrected chi connectivity index (χ0v) is 17.3. The largest absolute Gasteiger partial charge is 0.573 e. The highest BCUT2D eigenvalue weighted by molar-refractivity contribution is 5.74. The molecule has 0 amide bonds. The second-order valence-corrected chi connectivity index (χ2v) is 6.87. The smallest absolute Gasteiger partial charge is 0.480 e. The fourth-order valence-electron chi connectivity index (χ4n) is 3.08. The molecule has 3 N–H and O–H groups in total. The van der Waals surface area contributed by atoms with Gasteiger partial charge in [0, 0.05) is 17.3 Å². The Kier molecular flexibility index (Phi) is 6.82. The summed E-state index contributed by atoms with van der Waals surface area (Å²) in [4.78, 5) is 19.5. The van der Waals surface area contributed by atoms with E-state index < -0.39 is 24.6 Å². The van der Waals surface area contributed by atoms with Crippen molar-refractivity contribution in [1.29, 1.82) is 0 Å². The number of rotatable bonds is 8. The van der Waals surface area contributed by atoms with Gasteiger partial charge in [-0.05, 0) is 36.6 Å². The van der Waals surface area contributed by atoms with Gasteiger partial charge < -0.3 is 20.5 Å². The molecule has 3 aromatic rings. The number of aryl methyl sites for hydroxylation is 2. The molecule has 7 nitrogen and oxygen atoms in total. The van der Waals surface area contributed by atoms with Crippen molar-refractivity contribution in [2.75, 3.05) is 17.2 Å². The van der Waals surface area contributed by atoms with E-state index in [2.05, 4.69) is 25.3 Å². The van der Waals surface area contributed by atoms with Gasteiger partial charge in [0.15, 0.2) is 0 Å². The molecule has 0 saturated heterocycles. The third-order valence-corrected chi connectivity index (χ3v) is 4.48. The summed E-state index contributed by atoms with van der Waals surface area (Å²) in [5.74, 6) is -1.13. The van der Waals surface area contributed by atoms with Crippen LogP contribution in [0.2, 0.25) is 0 Å². The van der Waals surface area contributed by atoms with Gasteiger partial charge in [0.05, 0.1) is 5.69 Å². The number of aliphatic carboxylic acids is 1. The van der Waals surface area contributed by atoms with Crippen molar-refractivity contribution >= 4 is 23.4 Å². The van der Waals surface area contributed by atoms with E-state index in [1.54, 1.807) is 12.1 Å². The Balaban J connectivity index is 2.03. The molecule has 168 valence electrons. The number of hydrogen-bond donors (Lipinski definition) is 3. The number of nitrogens with zero attached hydrogens (tertiary/aromatic N) is 2. The summed E-state index contributed by atoms with van der Waals surface area (Å²) in [6.45, 7) is 3.52. The number of hydrogen-bond acceptors (Lipinski definition) is 6. The van der Waals surface area contributed by atoms with Crippen molar-refractivity contribution < 1.29 is 27.8 Å². The number of halogens is 3. The first-order valence-electron chi connectivity index (χ1n) is 9.71. The normalized spacial score (nSPS) is 11.2. The van der Waals surface area contributed by atoms with Gasteiger partial charge in [0.1, 0.15) is 18.1 Å². The molecule has 0 saturated carbocycles. The van der Waals surface area contributed by atoms with Crippen LogP contribution >= 0.6 is 0 Å². The van der Waals surface area contributed by atoms with Gasteiger partial charge in [-0.1, -0.05) is 37.3 Å². The fourth-order valence-corrected chi connectivity index (χ4v) is 3.08. The van der Waals surface area contributed by atoms with Crippen LogP contribution in [0.3, 0.4) is 0 Å². The highest BCUT2D eigenvalue weighted by Crippen LogP contribution is 2.30. The first-order valence-corrected chi connectivity index (χ1v) is 9.71. The number of para-hydroxylation sites is 1. The molecule has 2 aromatic carbocycles. The quantitative estimate of drug-likeness (QED) is 0.440. The monoisotopic (exact) mass is 446 g/mol. The van der Waals surface area contributed by atoms with Crippen molar-refractivity contribution in [2.24, 2.45) is 0 Å². The third-order valence-electron chi connectivity index (χ3n) is 4.48. The highest BCUT2D eigenvalue weighted by Gasteiger charge is 2.31. The van der Waals surface area contributed by atoms with Gasteiger partial charge in [0.25, 0.3) is 0 Å². The van der Waals surface area contributed by atoms with Crippen molar-refractivity contribution in [3.8, 4) is 17.0 Å². The molecule has 0 unspecified atom stereocenters. The number of benzene rings is 2. The van der Waals surface area contributed by atoms with E-state index in [0.717, 1.165) is 23.2 Å². The molecule has 32 heavy (non-hydrogen) atoms. The maximum atomic E-state index is 12.6. The van der Waals surface area contributed by atoms with Gasteiger partial charge in [-0.3, -0.25) is 4.79 Å². The SMILES string of the molecule is CCc1cccc(C)c1Nc1cc(-c2cccc(OC(F)(F)F)c2)nc(NCC(=O)O)n1. The molecule has 0 atom stereocenters. The van der Waals surface area contributed by atoms with E-state index in [1.807, 2.05) is 32.0 Å². The molecule has 0 bridgehead atoms. The Bertz CT molecular complexity index is 1120. The van der Waals surface area contributed by atoms with Crippen LogP contribution in [0.15, 0.2) is 48.5 Å². The molecule has 0 aliphatic heterocycles. The van der Waals surface area contributed by atoms with Crippen LogP contribution < -0.4 is 15.4 Å². The third kappa shape index (κ3) is 6.10. The molecule has 0 fully saturated rings. The summed E-state index contributed by atoms with van der Waals surface area (Å²) in [7, 11) is 0. The number of aromatic nitrogens is 2. The van der Waals surface area contributed by atoms with Crippen LogP contribution in [-0.4, -0.2) is 34.0 Å². The molecular weight excluding hydrogens is 425 g/mol. The zero-order valence-electron chi connectivity index (χ0n) is 17.3. The first kappa shape index (κ1) is 22.9. The van der Waals surface area contributed by atoms with Crippen molar-refractivity contribution in [2.45, 2.75) is 26.6 Å². The standard InChI is InChI=1S/C22H21F3N4O3/c1-3-14-7-4-6-13(2)20(14)28-18-11-17(27-21(29-18)26-12-19(30)31)15-8-5-9-16(10-15)32-22(23,24)25/h4-11H,3,12H2,1-2H3,(H,30,31)(H2,26,27,28,29). The lowest BCUT2D eigenvalue weighted by Crippen LogP contribution is -2.17. The minimum absolute atomic E-state index is 0.0150. The molecule has 0 radical (unpaired) electrons. The Hall–Kier alpha value is -3.82. The van der Waals surface area contributed by atoms with Crippen LogP contribution in [-0.2, 0) is 11.2 Å². The lowest BCUT2D eigenvalue weighted by atomic mass is 10.1. The summed E-state index contributed by atoms with van der Waals surface area (Å²) < 4.78 is 41.8. The Labute approximate surface area is 182 Å². The Morgan fingerprint density at radius 3 is 2.56 bits per heavy atom. The van der Waals surface area contributed by atoms with E-state index in [-0.39, 0.29) is 11.6 Å². The highest BCUT2D eigenvalue weighted by atomic mass is 19.4. The topological polar surface area (TPSA) is 96.4 Å². The Morgan fingerprint density at radius 2 is 1.88 bits per heavy atom. The van der Waals surface area contributed by atoms with Gasteiger partial charge in [0.2, 0.25) is 5.95 Å². The summed E-state index contributed by atoms with van der Waals surface area (Å²) >= 11 is 0. The predicted molar refractivity (Wildman–Crippen MR) is 114 cm³/mol. The van der Waals surface area contributed by atoms with Gasteiger partial charge >= 0.3 is 12.3 Å². The number of carboxylic acids is 1. The van der Waals surface area contributed by atoms with Crippen LogP contribution in [0.5, 0.6) is 5.75 Å². The molecule has 0 spiro atoms. The van der Waals surface area contributed by atoms with Gasteiger partial charge in [-0.2, -0.15) is 4.98 Å². The number of nitrogens with one attached hydrogen (secondary N) is 2. The maximum absolute atomic E-state index is 12.6. The number of anilines is 3. The molecule has 0 aliphatic carbocycles. The lowest BCUT2D eigenvalue weighted by molar-refractivity contribution is -0.274. The number of carbonyl (C=O) groups is 1. The minimum Gasteiger partial charge on any atom is -0.480 e. The fraction of sp³-hybridized carbons (Fsp3) is 0.227. The van der Waals surface area contributed by atoms with Crippen molar-refractivity contribution in [3.63, 3.8) is 0 Å². The van der Waals surface area contributed by atoms with Crippen molar-refractivity contribution in [3.05, 3.63) is 59.7 Å². The lowest BCUT2D eigenvalue weighted by Gasteiger charge is -2.15. The van der Waals surface area contributed by atoms with Crippen LogP contribution in [0.1, 0.15) is 18.1 Å². The molecule has 1 heterocycles. The van der Waals surface area contributed by atoms with E-state index in [4.69, 9.17) is 5.11 Å². The van der Waals surface area contributed by atoms with Gasteiger partial charge in [-0.15, -0.1) is 13.2 Å². The van der Waals surface area contributed by atoms with Crippen LogP contribution in [0.25, 0.3) is 11.3 Å². The van der Waals surface area contributed by atoms with E-state index in [0.29, 0.717) is 11.4 Å². The summed E-state index contributed by atoms with van der Waals surface area (Å²) in [5.41, 5.74) is 3.50. The second-order valence-electron chi connectivity index (χ2n) is 6.87. The minimum atomic E-state index is -4.83. The molecule has 1 aromatic heterocycles. The van der Waals surface area contributed by atoms with Crippen LogP contribution in [0, 0.1) is 6.92 Å². The summed E-state index contributed by atoms with van der Waals surface area (Å²) in [6.07, 6.45) is -4.06. The number of ether oxygens (including phenoxy) is 1. The van der Waals surface area contributed by atoms with Crippen molar-refractivity contribution in [1.82, 2.24) is 9.97 Å². The number of carboxylic acid groups (broad SMARTS) is 1. The average Bonchev–Trinajstić information content (AvgIpc) is 2.72. The summed E-state index contributed by atoms with van der Waals surface area (Å²) in [6, 6.07) is 12.8. The van der Waals surface area contributed by atoms with Gasteiger partial charge in [-0.25, -0.2) is 4.98 Å². The molecule has 0 aliphatic rings. The molecule has 10 heteroatoms. The zero-order chi connectivity index (χ0) is 23.3. The Morgan fingerprint density at radius 1 is 1.12 bits per heavy atom. The summed E-state index contributed by atoms with van der Waals surface area (Å²) in [5, 5.41) is 14.8. The average molecular weight is 446 g/mol.